The summed E-state index contributed by atoms with van der Waals surface area (Å²) in [5, 5.41) is 20.9. The van der Waals surface area contributed by atoms with Gasteiger partial charge in [0.15, 0.2) is 4.34 Å². The Balaban J connectivity index is 1.39. The average molecular weight is 629 g/mol. The number of hydrogen-bond acceptors (Lipinski definition) is 8. The van der Waals surface area contributed by atoms with Crippen molar-refractivity contribution >= 4 is 68.9 Å². The number of fused-ring (bicyclic) bond motifs is 1. The number of aromatic nitrogens is 2. The molecule has 41 heavy (non-hydrogen) atoms. The molecule has 0 spiro atoms. The number of nitrogens with zero attached hydrogens (tertiary/aromatic N) is 3. The van der Waals surface area contributed by atoms with Crippen LogP contribution in [-0.4, -0.2) is 33.1 Å². The first-order chi connectivity index (χ1) is 19.7. The molecule has 208 valence electrons. The van der Waals surface area contributed by atoms with Crippen LogP contribution in [0.2, 0.25) is 10.0 Å². The van der Waals surface area contributed by atoms with Crippen LogP contribution in [0.1, 0.15) is 35.2 Å². The molecule has 0 radical (unpaired) electrons. The zero-order valence-corrected chi connectivity index (χ0v) is 24.5. The largest absolute Gasteiger partial charge is 0.507 e. The molecule has 3 aromatic carbocycles. The number of benzene rings is 3. The molecular formula is C29H20Cl2FN3O4S2. The van der Waals surface area contributed by atoms with Gasteiger partial charge < -0.3 is 9.84 Å². The minimum absolute atomic E-state index is 0.0217. The van der Waals surface area contributed by atoms with Crippen molar-refractivity contribution in [1.82, 2.24) is 10.2 Å². The molecular weight excluding hydrogens is 608 g/mol. The maximum absolute atomic E-state index is 15.2. The predicted octanol–water partition coefficient (Wildman–Crippen LogP) is 7.23. The van der Waals surface area contributed by atoms with Crippen LogP contribution in [0.25, 0.3) is 5.76 Å². The SMILES string of the molecule is C[C@H]1Cc2cc(C(O)=C3C(=O)C(=O)N(c4nnc(SCc5ccc(Cl)cc5Cl)s4)[C@@H]3c3ccccc3F)ccc2O1. The Hall–Kier alpha value is -3.44. The summed E-state index contributed by atoms with van der Waals surface area (Å²) in [6, 6.07) is 14.8. The smallest absolute Gasteiger partial charge is 0.301 e. The zero-order valence-electron chi connectivity index (χ0n) is 21.3. The fourth-order valence-corrected chi connectivity index (χ4v) is 7.31. The van der Waals surface area contributed by atoms with Crippen LogP contribution in [0.15, 0.2) is 70.6 Å². The third kappa shape index (κ3) is 5.21. The lowest BCUT2D eigenvalue weighted by Gasteiger charge is -2.22. The van der Waals surface area contributed by atoms with Crippen molar-refractivity contribution < 1.29 is 23.8 Å². The molecule has 1 fully saturated rings. The highest BCUT2D eigenvalue weighted by atomic mass is 35.5. The molecule has 0 unspecified atom stereocenters. The fraction of sp³-hybridized carbons (Fsp3) is 0.172. The molecule has 1 N–H and O–H groups in total. The molecule has 12 heteroatoms. The lowest BCUT2D eigenvalue weighted by atomic mass is 9.94. The molecule has 6 rings (SSSR count). The highest BCUT2D eigenvalue weighted by Crippen LogP contribution is 2.45. The van der Waals surface area contributed by atoms with Gasteiger partial charge in [-0.15, -0.1) is 10.2 Å². The number of rotatable bonds is 6. The van der Waals surface area contributed by atoms with Crippen LogP contribution in [0.3, 0.4) is 0 Å². The molecule has 3 heterocycles. The van der Waals surface area contributed by atoms with E-state index < -0.39 is 29.3 Å². The van der Waals surface area contributed by atoms with Gasteiger partial charge in [-0.25, -0.2) is 4.39 Å². The van der Waals surface area contributed by atoms with Crippen molar-refractivity contribution in [2.75, 3.05) is 4.90 Å². The Morgan fingerprint density at radius 2 is 1.95 bits per heavy atom. The van der Waals surface area contributed by atoms with Gasteiger partial charge in [0.2, 0.25) is 5.13 Å². The van der Waals surface area contributed by atoms with E-state index in [1.54, 1.807) is 36.4 Å². The summed E-state index contributed by atoms with van der Waals surface area (Å²) in [4.78, 5) is 28.0. The molecule has 1 amide bonds. The van der Waals surface area contributed by atoms with Gasteiger partial charge >= 0.3 is 5.91 Å². The van der Waals surface area contributed by atoms with Crippen LogP contribution in [0.4, 0.5) is 9.52 Å². The summed E-state index contributed by atoms with van der Waals surface area (Å²) in [6.45, 7) is 1.93. The third-order valence-electron chi connectivity index (χ3n) is 6.78. The molecule has 1 aromatic heterocycles. The van der Waals surface area contributed by atoms with Crippen molar-refractivity contribution in [2.45, 2.75) is 35.6 Å². The predicted molar refractivity (Wildman–Crippen MR) is 157 cm³/mol. The zero-order chi connectivity index (χ0) is 28.8. The summed E-state index contributed by atoms with van der Waals surface area (Å²) in [7, 11) is 0. The fourth-order valence-electron chi connectivity index (χ4n) is 4.88. The Bertz CT molecular complexity index is 1740. The molecule has 2 aliphatic heterocycles. The number of hydrogen-bond donors (Lipinski definition) is 1. The maximum atomic E-state index is 15.2. The standard InChI is InChI=1S/C29H20Cl2FN3O4S2/c1-14-10-17-11-15(7-9-22(17)39-14)25(36)23-24(19-4-2-3-5-21(19)32)35(27(38)26(23)37)28-33-34-29(41-28)40-13-16-6-8-18(30)12-20(16)31/h2-9,11-12,14,24,36H,10,13H2,1H3/t14-,24+/m0/s1. The van der Waals surface area contributed by atoms with Crippen LogP contribution in [0, 0.1) is 5.82 Å². The van der Waals surface area contributed by atoms with E-state index in [2.05, 4.69) is 10.2 Å². The highest BCUT2D eigenvalue weighted by Gasteiger charge is 2.49. The molecule has 0 saturated carbocycles. The van der Waals surface area contributed by atoms with E-state index in [1.165, 1.54) is 30.0 Å². The molecule has 2 atom stereocenters. The van der Waals surface area contributed by atoms with Crippen molar-refractivity contribution in [1.29, 1.82) is 0 Å². The monoisotopic (exact) mass is 627 g/mol. The van der Waals surface area contributed by atoms with Gasteiger partial charge in [0.25, 0.3) is 5.78 Å². The van der Waals surface area contributed by atoms with Crippen molar-refractivity contribution in [3.05, 3.63) is 104 Å². The van der Waals surface area contributed by atoms with Gasteiger partial charge in [-0.1, -0.05) is 70.6 Å². The van der Waals surface area contributed by atoms with Crippen LogP contribution >= 0.6 is 46.3 Å². The number of aliphatic hydroxyl groups excluding tert-OH is 1. The van der Waals surface area contributed by atoms with E-state index in [0.29, 0.717) is 37.9 Å². The summed E-state index contributed by atoms with van der Waals surface area (Å²) >= 11 is 14.7. The number of Topliss-reactive ketones (excluding diaryl/α,β-unsaturated/α-hetero) is 1. The first-order valence-corrected chi connectivity index (χ1v) is 15.0. The van der Waals surface area contributed by atoms with Crippen LogP contribution < -0.4 is 9.64 Å². The number of aliphatic hydroxyl groups is 1. The highest BCUT2D eigenvalue weighted by molar-refractivity contribution is 8.00. The molecule has 0 bridgehead atoms. The van der Waals surface area contributed by atoms with Crippen LogP contribution in [0.5, 0.6) is 5.75 Å². The first kappa shape index (κ1) is 27.7. The maximum Gasteiger partial charge on any atom is 0.301 e. The van der Waals surface area contributed by atoms with Gasteiger partial charge in [0.1, 0.15) is 29.5 Å². The molecule has 0 aliphatic carbocycles. The quantitative estimate of drug-likeness (QED) is 0.0792. The Morgan fingerprint density at radius 1 is 1.15 bits per heavy atom. The minimum Gasteiger partial charge on any atom is -0.507 e. The van der Waals surface area contributed by atoms with Crippen molar-refractivity contribution in [3.63, 3.8) is 0 Å². The van der Waals surface area contributed by atoms with Crippen molar-refractivity contribution in [3.8, 4) is 5.75 Å². The van der Waals surface area contributed by atoms with E-state index in [9.17, 15) is 14.7 Å². The third-order valence-corrected chi connectivity index (χ3v) is 9.47. The number of thioether (sulfide) groups is 1. The number of anilines is 1. The number of ether oxygens (including phenoxy) is 1. The number of amides is 1. The molecule has 2 aliphatic rings. The van der Waals surface area contributed by atoms with E-state index in [4.69, 9.17) is 27.9 Å². The Morgan fingerprint density at radius 3 is 2.73 bits per heavy atom. The second-order valence-electron chi connectivity index (χ2n) is 9.52. The normalized spacial score (nSPS) is 19.5. The summed E-state index contributed by atoms with van der Waals surface area (Å²) < 4.78 is 21.4. The van der Waals surface area contributed by atoms with Crippen LogP contribution in [-0.2, 0) is 21.8 Å². The Labute approximate surface area is 252 Å². The van der Waals surface area contributed by atoms with E-state index >= 15 is 4.39 Å². The van der Waals surface area contributed by atoms with Gasteiger partial charge in [-0.05, 0) is 54.4 Å². The number of carbonyl (C=O) groups excluding carboxylic acids is 2. The van der Waals surface area contributed by atoms with Gasteiger partial charge in [-0.2, -0.15) is 0 Å². The van der Waals surface area contributed by atoms with E-state index in [1.807, 2.05) is 13.0 Å². The summed E-state index contributed by atoms with van der Waals surface area (Å²) in [5.41, 5.74) is 1.84. The summed E-state index contributed by atoms with van der Waals surface area (Å²) in [5.74, 6) is -1.77. The number of carbonyl (C=O) groups is 2. The second kappa shape index (κ2) is 11.1. The van der Waals surface area contributed by atoms with E-state index in [0.717, 1.165) is 27.4 Å². The van der Waals surface area contributed by atoms with Gasteiger partial charge in [0, 0.05) is 33.3 Å². The van der Waals surface area contributed by atoms with Gasteiger partial charge in [0.05, 0.1) is 5.57 Å². The number of ketones is 1. The van der Waals surface area contributed by atoms with Crippen molar-refractivity contribution in [2.24, 2.45) is 0 Å². The first-order valence-electron chi connectivity index (χ1n) is 12.5. The second-order valence-corrected chi connectivity index (χ2v) is 12.5. The lowest BCUT2D eigenvalue weighted by molar-refractivity contribution is -0.132. The Kier molecular flexibility index (Phi) is 7.50. The molecule has 7 nitrogen and oxygen atoms in total. The molecule has 1 saturated heterocycles. The lowest BCUT2D eigenvalue weighted by Crippen LogP contribution is -2.29. The van der Waals surface area contributed by atoms with E-state index in [-0.39, 0.29) is 22.4 Å². The topological polar surface area (TPSA) is 92.6 Å². The molecule has 4 aromatic rings. The average Bonchev–Trinajstić information content (AvgIpc) is 3.63. The number of halogens is 3. The summed E-state index contributed by atoms with van der Waals surface area (Å²) in [6.07, 6.45) is 0.611. The minimum atomic E-state index is -1.25. The van der Waals surface area contributed by atoms with Gasteiger partial charge in [-0.3, -0.25) is 14.5 Å².